The summed E-state index contributed by atoms with van der Waals surface area (Å²) < 4.78 is 5.31. The van der Waals surface area contributed by atoms with Gasteiger partial charge >= 0.3 is 0 Å². The van der Waals surface area contributed by atoms with E-state index in [0.717, 1.165) is 44.1 Å². The highest BCUT2D eigenvalue weighted by atomic mass is 16.5. The number of morpholine rings is 1. The van der Waals surface area contributed by atoms with Gasteiger partial charge < -0.3 is 15.0 Å². The molecule has 2 heterocycles. The Morgan fingerprint density at radius 1 is 1.25 bits per heavy atom. The van der Waals surface area contributed by atoms with E-state index in [9.17, 15) is 9.59 Å². The Balaban J connectivity index is 1.47. The molecule has 1 aromatic carbocycles. The SMILES string of the molecule is Cc1ccc(N2C[C@@H](C(=O)NCCN3CCOCC3)CC2=O)cc1. The van der Waals surface area contributed by atoms with Gasteiger partial charge in [0.2, 0.25) is 11.8 Å². The smallest absolute Gasteiger partial charge is 0.227 e. The van der Waals surface area contributed by atoms with Crippen LogP contribution in [0.15, 0.2) is 24.3 Å². The standard InChI is InChI=1S/C18H25N3O3/c1-14-2-4-16(5-3-14)21-13-15(12-17(21)22)18(23)19-6-7-20-8-10-24-11-9-20/h2-5,15H,6-13H2,1H3,(H,19,23)/t15-/m0/s1. The quantitative estimate of drug-likeness (QED) is 0.867. The van der Waals surface area contributed by atoms with Gasteiger partial charge in [0.15, 0.2) is 0 Å². The minimum atomic E-state index is -0.261. The Morgan fingerprint density at radius 2 is 1.96 bits per heavy atom. The average molecular weight is 331 g/mol. The molecule has 1 aromatic rings. The lowest BCUT2D eigenvalue weighted by atomic mass is 10.1. The second-order valence-corrected chi connectivity index (χ2v) is 6.49. The summed E-state index contributed by atoms with van der Waals surface area (Å²) in [7, 11) is 0. The molecule has 130 valence electrons. The van der Waals surface area contributed by atoms with Gasteiger partial charge in [0.1, 0.15) is 0 Å². The van der Waals surface area contributed by atoms with Crippen LogP contribution in [0.3, 0.4) is 0 Å². The summed E-state index contributed by atoms with van der Waals surface area (Å²) in [5.74, 6) is -0.262. The molecule has 0 radical (unpaired) electrons. The number of rotatable bonds is 5. The van der Waals surface area contributed by atoms with E-state index in [1.54, 1.807) is 4.90 Å². The first kappa shape index (κ1) is 16.9. The molecule has 2 aliphatic heterocycles. The summed E-state index contributed by atoms with van der Waals surface area (Å²) >= 11 is 0. The predicted octanol–water partition coefficient (Wildman–Crippen LogP) is 0.796. The number of hydrogen-bond acceptors (Lipinski definition) is 4. The summed E-state index contributed by atoms with van der Waals surface area (Å²) in [5.41, 5.74) is 2.03. The lowest BCUT2D eigenvalue weighted by Crippen LogP contribution is -2.42. The first-order valence-corrected chi connectivity index (χ1v) is 8.58. The number of anilines is 1. The zero-order chi connectivity index (χ0) is 16.9. The van der Waals surface area contributed by atoms with Crippen molar-refractivity contribution >= 4 is 17.5 Å². The Kier molecular flexibility index (Phi) is 5.48. The Bertz CT molecular complexity index is 582. The molecule has 24 heavy (non-hydrogen) atoms. The van der Waals surface area contributed by atoms with Crippen molar-refractivity contribution in [3.8, 4) is 0 Å². The number of benzene rings is 1. The minimum absolute atomic E-state index is 0.0205. The van der Waals surface area contributed by atoms with E-state index in [1.807, 2.05) is 31.2 Å². The second-order valence-electron chi connectivity index (χ2n) is 6.49. The van der Waals surface area contributed by atoms with Gasteiger partial charge in [-0.1, -0.05) is 17.7 Å². The zero-order valence-electron chi connectivity index (χ0n) is 14.2. The van der Waals surface area contributed by atoms with Gasteiger partial charge in [0.25, 0.3) is 0 Å². The van der Waals surface area contributed by atoms with Crippen molar-refractivity contribution in [1.29, 1.82) is 0 Å². The van der Waals surface area contributed by atoms with Gasteiger partial charge in [0, 0.05) is 44.8 Å². The van der Waals surface area contributed by atoms with Crippen molar-refractivity contribution in [3.63, 3.8) is 0 Å². The third-order valence-electron chi connectivity index (χ3n) is 4.67. The molecule has 1 N–H and O–H groups in total. The van der Waals surface area contributed by atoms with Crippen LogP contribution in [0.1, 0.15) is 12.0 Å². The second kappa shape index (κ2) is 7.77. The molecule has 0 saturated carbocycles. The van der Waals surface area contributed by atoms with Crippen LogP contribution in [0.4, 0.5) is 5.69 Å². The van der Waals surface area contributed by atoms with Crippen LogP contribution in [-0.2, 0) is 14.3 Å². The maximum atomic E-state index is 12.3. The van der Waals surface area contributed by atoms with Crippen molar-refractivity contribution in [2.45, 2.75) is 13.3 Å². The largest absolute Gasteiger partial charge is 0.379 e. The molecule has 2 amide bonds. The van der Waals surface area contributed by atoms with Crippen LogP contribution in [0, 0.1) is 12.8 Å². The zero-order valence-corrected chi connectivity index (χ0v) is 14.2. The van der Waals surface area contributed by atoms with Crippen LogP contribution < -0.4 is 10.2 Å². The molecule has 2 fully saturated rings. The summed E-state index contributed by atoms with van der Waals surface area (Å²) in [5, 5.41) is 2.97. The van der Waals surface area contributed by atoms with Gasteiger partial charge in [-0.2, -0.15) is 0 Å². The first-order valence-electron chi connectivity index (χ1n) is 8.58. The molecule has 0 unspecified atom stereocenters. The number of carbonyl (C=O) groups excluding carboxylic acids is 2. The van der Waals surface area contributed by atoms with Crippen molar-refractivity contribution in [2.75, 3.05) is 50.8 Å². The highest BCUT2D eigenvalue weighted by molar-refractivity contribution is 6.00. The maximum absolute atomic E-state index is 12.3. The molecule has 0 aromatic heterocycles. The van der Waals surface area contributed by atoms with Crippen molar-refractivity contribution in [3.05, 3.63) is 29.8 Å². The number of carbonyl (C=O) groups is 2. The van der Waals surface area contributed by atoms with E-state index in [0.29, 0.717) is 13.1 Å². The van der Waals surface area contributed by atoms with E-state index in [-0.39, 0.29) is 24.2 Å². The summed E-state index contributed by atoms with van der Waals surface area (Å²) in [6.45, 7) is 7.28. The average Bonchev–Trinajstić information content (AvgIpc) is 2.98. The molecule has 0 bridgehead atoms. The molecule has 6 heteroatoms. The number of nitrogens with one attached hydrogen (secondary N) is 1. The number of ether oxygens (including phenoxy) is 1. The van der Waals surface area contributed by atoms with E-state index >= 15 is 0 Å². The van der Waals surface area contributed by atoms with Crippen LogP contribution in [0.25, 0.3) is 0 Å². The maximum Gasteiger partial charge on any atom is 0.227 e. The number of hydrogen-bond donors (Lipinski definition) is 1. The number of nitrogens with zero attached hydrogens (tertiary/aromatic N) is 2. The van der Waals surface area contributed by atoms with Crippen LogP contribution >= 0.6 is 0 Å². The number of aryl methyl sites for hydroxylation is 1. The van der Waals surface area contributed by atoms with Crippen LogP contribution in [0.2, 0.25) is 0 Å². The number of amides is 2. The molecule has 3 rings (SSSR count). The molecule has 6 nitrogen and oxygen atoms in total. The van der Waals surface area contributed by atoms with Crippen molar-refractivity contribution < 1.29 is 14.3 Å². The van der Waals surface area contributed by atoms with E-state index in [2.05, 4.69) is 10.2 Å². The molecule has 2 saturated heterocycles. The van der Waals surface area contributed by atoms with Gasteiger partial charge in [-0.15, -0.1) is 0 Å². The third kappa shape index (κ3) is 4.13. The topological polar surface area (TPSA) is 61.9 Å². The van der Waals surface area contributed by atoms with E-state index in [4.69, 9.17) is 4.74 Å². The summed E-state index contributed by atoms with van der Waals surface area (Å²) in [6, 6.07) is 7.84. The first-order chi connectivity index (χ1) is 11.6. The Morgan fingerprint density at radius 3 is 2.67 bits per heavy atom. The van der Waals surface area contributed by atoms with Gasteiger partial charge in [-0.25, -0.2) is 0 Å². The van der Waals surface area contributed by atoms with Gasteiger partial charge in [0.05, 0.1) is 19.1 Å². The highest BCUT2D eigenvalue weighted by Crippen LogP contribution is 2.25. The van der Waals surface area contributed by atoms with Gasteiger partial charge in [-0.3, -0.25) is 14.5 Å². The summed E-state index contributed by atoms with van der Waals surface area (Å²) in [4.78, 5) is 28.5. The Hall–Kier alpha value is -1.92. The van der Waals surface area contributed by atoms with Gasteiger partial charge in [-0.05, 0) is 19.1 Å². The van der Waals surface area contributed by atoms with Crippen LogP contribution in [-0.4, -0.2) is 62.7 Å². The summed E-state index contributed by atoms with van der Waals surface area (Å²) in [6.07, 6.45) is 0.289. The molecular formula is C18H25N3O3. The predicted molar refractivity (Wildman–Crippen MR) is 91.9 cm³/mol. The fourth-order valence-electron chi connectivity index (χ4n) is 3.16. The molecule has 0 spiro atoms. The van der Waals surface area contributed by atoms with Crippen molar-refractivity contribution in [1.82, 2.24) is 10.2 Å². The minimum Gasteiger partial charge on any atom is -0.379 e. The molecule has 2 aliphatic rings. The Labute approximate surface area is 142 Å². The fraction of sp³-hybridized carbons (Fsp3) is 0.556. The van der Waals surface area contributed by atoms with E-state index < -0.39 is 0 Å². The normalized spacial score (nSPS) is 22.0. The van der Waals surface area contributed by atoms with E-state index in [1.165, 1.54) is 0 Å². The fourth-order valence-corrected chi connectivity index (χ4v) is 3.16. The highest BCUT2D eigenvalue weighted by Gasteiger charge is 2.34. The lowest BCUT2D eigenvalue weighted by Gasteiger charge is -2.26. The third-order valence-corrected chi connectivity index (χ3v) is 4.67. The molecule has 1 atom stereocenters. The molecule has 0 aliphatic carbocycles. The van der Waals surface area contributed by atoms with Crippen LogP contribution in [0.5, 0.6) is 0 Å². The van der Waals surface area contributed by atoms with Crippen molar-refractivity contribution in [2.24, 2.45) is 5.92 Å². The monoisotopic (exact) mass is 331 g/mol. The lowest BCUT2D eigenvalue weighted by molar-refractivity contribution is -0.126. The molecular weight excluding hydrogens is 306 g/mol.